The standard InChI is InChI=1S/C14H26O4Si/c1-13(2,3)19(5,6)18-14(9-7-8-10-14)11(15)12(16)17-4/h7-10H2,1-6H3. The Morgan fingerprint density at radius 2 is 1.58 bits per heavy atom. The molecule has 0 aliphatic heterocycles. The van der Waals surface area contributed by atoms with Gasteiger partial charge in [0.1, 0.15) is 5.60 Å². The van der Waals surface area contributed by atoms with E-state index in [1.807, 2.05) is 0 Å². The fourth-order valence-electron chi connectivity index (χ4n) is 2.24. The summed E-state index contributed by atoms with van der Waals surface area (Å²) in [5, 5.41) is 0.0129. The maximum Gasteiger partial charge on any atom is 0.377 e. The lowest BCUT2D eigenvalue weighted by Crippen LogP contribution is -2.54. The summed E-state index contributed by atoms with van der Waals surface area (Å²) in [6.07, 6.45) is 3.12. The molecule has 0 heterocycles. The maximum atomic E-state index is 12.3. The quantitative estimate of drug-likeness (QED) is 0.453. The molecule has 110 valence electrons. The predicted molar refractivity (Wildman–Crippen MR) is 76.5 cm³/mol. The van der Waals surface area contributed by atoms with Crippen molar-refractivity contribution >= 4 is 20.1 Å². The Morgan fingerprint density at radius 3 is 1.95 bits per heavy atom. The van der Waals surface area contributed by atoms with Crippen LogP contribution < -0.4 is 0 Å². The largest absolute Gasteiger partial charge is 0.463 e. The fraction of sp³-hybridized carbons (Fsp3) is 0.857. The third-order valence-corrected chi connectivity index (χ3v) is 8.97. The van der Waals surface area contributed by atoms with Crippen LogP contribution in [0.5, 0.6) is 0 Å². The molecule has 1 rings (SSSR count). The summed E-state index contributed by atoms with van der Waals surface area (Å²) < 4.78 is 10.9. The molecule has 1 saturated carbocycles. The average molecular weight is 286 g/mol. The number of Topliss-reactive ketones (excluding diaryl/α,β-unsaturated/α-hetero) is 1. The molecule has 1 aliphatic rings. The van der Waals surface area contributed by atoms with Gasteiger partial charge in [-0.25, -0.2) is 4.79 Å². The van der Waals surface area contributed by atoms with Gasteiger partial charge in [0.25, 0.3) is 5.78 Å². The van der Waals surface area contributed by atoms with E-state index in [1.54, 1.807) is 0 Å². The zero-order valence-corrected chi connectivity index (χ0v) is 14.0. The first-order chi connectivity index (χ1) is 8.56. The smallest absolute Gasteiger partial charge is 0.377 e. The van der Waals surface area contributed by atoms with Crippen LogP contribution in [0.1, 0.15) is 46.5 Å². The fourth-order valence-corrected chi connectivity index (χ4v) is 3.82. The lowest BCUT2D eigenvalue weighted by atomic mass is 9.97. The van der Waals surface area contributed by atoms with Gasteiger partial charge in [-0.2, -0.15) is 0 Å². The highest BCUT2D eigenvalue weighted by Crippen LogP contribution is 2.44. The van der Waals surface area contributed by atoms with Crippen LogP contribution >= 0.6 is 0 Å². The van der Waals surface area contributed by atoms with Crippen LogP contribution in [0.15, 0.2) is 0 Å². The second kappa shape index (κ2) is 5.36. The van der Waals surface area contributed by atoms with Gasteiger partial charge in [0, 0.05) is 0 Å². The van der Waals surface area contributed by atoms with E-state index in [9.17, 15) is 9.59 Å². The summed E-state index contributed by atoms with van der Waals surface area (Å²) in [5.74, 6) is -1.28. The van der Waals surface area contributed by atoms with Gasteiger partial charge in [-0.05, 0) is 31.0 Å². The molecule has 5 heteroatoms. The summed E-state index contributed by atoms with van der Waals surface area (Å²) in [4.78, 5) is 23.9. The Morgan fingerprint density at radius 1 is 1.11 bits per heavy atom. The molecule has 0 atom stereocenters. The van der Waals surface area contributed by atoms with Crippen molar-refractivity contribution < 1.29 is 18.8 Å². The summed E-state index contributed by atoms with van der Waals surface area (Å²) in [5.41, 5.74) is -0.934. The topological polar surface area (TPSA) is 52.6 Å². The van der Waals surface area contributed by atoms with E-state index < -0.39 is 25.7 Å². The maximum absolute atomic E-state index is 12.3. The number of carbonyl (C=O) groups is 2. The van der Waals surface area contributed by atoms with Crippen LogP contribution in [0.2, 0.25) is 18.1 Å². The number of ketones is 1. The van der Waals surface area contributed by atoms with Crippen LogP contribution in [0.4, 0.5) is 0 Å². The first kappa shape index (κ1) is 16.4. The third-order valence-electron chi connectivity index (χ3n) is 4.45. The summed E-state index contributed by atoms with van der Waals surface area (Å²) in [6.45, 7) is 10.6. The lowest BCUT2D eigenvalue weighted by molar-refractivity contribution is -0.159. The molecule has 0 aromatic heterocycles. The monoisotopic (exact) mass is 286 g/mol. The molecule has 0 saturated heterocycles. The third kappa shape index (κ3) is 3.26. The summed E-state index contributed by atoms with van der Waals surface area (Å²) in [7, 11) is -0.847. The van der Waals surface area contributed by atoms with Gasteiger partial charge in [-0.1, -0.05) is 33.6 Å². The normalized spacial score (nSPS) is 19.3. The first-order valence-corrected chi connectivity index (χ1v) is 9.79. The Labute approximate surface area is 117 Å². The summed E-state index contributed by atoms with van der Waals surface area (Å²) in [6, 6.07) is 0. The van der Waals surface area contributed by atoms with Crippen molar-refractivity contribution in [2.75, 3.05) is 7.11 Å². The molecule has 0 N–H and O–H groups in total. The zero-order chi connectivity index (χ0) is 14.9. The van der Waals surface area contributed by atoms with Crippen LogP contribution in [-0.2, 0) is 18.8 Å². The Kier molecular flexibility index (Phi) is 4.62. The van der Waals surface area contributed by atoms with Crippen molar-refractivity contribution in [1.82, 2.24) is 0 Å². The van der Waals surface area contributed by atoms with Crippen LogP contribution in [0, 0.1) is 0 Å². The second-order valence-corrected chi connectivity index (χ2v) is 11.6. The zero-order valence-electron chi connectivity index (χ0n) is 13.0. The number of carbonyl (C=O) groups excluding carboxylic acids is 2. The minimum Gasteiger partial charge on any atom is -0.463 e. The molecule has 4 nitrogen and oxygen atoms in total. The molecular formula is C14H26O4Si. The van der Waals surface area contributed by atoms with Gasteiger partial charge in [0.05, 0.1) is 7.11 Å². The number of hydrogen-bond donors (Lipinski definition) is 0. The summed E-state index contributed by atoms with van der Waals surface area (Å²) >= 11 is 0. The molecule has 0 aromatic rings. The highest BCUT2D eigenvalue weighted by atomic mass is 28.4. The van der Waals surface area contributed by atoms with Crippen molar-refractivity contribution in [1.29, 1.82) is 0 Å². The molecule has 19 heavy (non-hydrogen) atoms. The van der Waals surface area contributed by atoms with Crippen molar-refractivity contribution in [3.8, 4) is 0 Å². The van der Waals surface area contributed by atoms with Gasteiger partial charge in [-0.15, -0.1) is 0 Å². The molecule has 0 radical (unpaired) electrons. The molecule has 0 amide bonds. The molecular weight excluding hydrogens is 260 g/mol. The van der Waals surface area contributed by atoms with Crippen LogP contribution in [-0.4, -0.2) is 32.8 Å². The highest BCUT2D eigenvalue weighted by Gasteiger charge is 2.52. The van der Waals surface area contributed by atoms with Gasteiger partial charge in [0.2, 0.25) is 0 Å². The van der Waals surface area contributed by atoms with Crippen LogP contribution in [0.3, 0.4) is 0 Å². The van der Waals surface area contributed by atoms with Gasteiger partial charge < -0.3 is 9.16 Å². The van der Waals surface area contributed by atoms with E-state index in [0.717, 1.165) is 12.8 Å². The van der Waals surface area contributed by atoms with E-state index in [1.165, 1.54) is 7.11 Å². The number of ether oxygens (including phenoxy) is 1. The Balaban J connectivity index is 3.02. The Hall–Kier alpha value is -0.683. The molecule has 1 aliphatic carbocycles. The van der Waals surface area contributed by atoms with Gasteiger partial charge >= 0.3 is 5.97 Å². The minimum absolute atomic E-state index is 0.0129. The number of hydrogen-bond acceptors (Lipinski definition) is 4. The van der Waals surface area contributed by atoms with E-state index >= 15 is 0 Å². The van der Waals surface area contributed by atoms with Gasteiger partial charge in [0.15, 0.2) is 8.32 Å². The molecule has 0 bridgehead atoms. The molecule has 0 unspecified atom stereocenters. The highest BCUT2D eigenvalue weighted by molar-refractivity contribution is 6.74. The van der Waals surface area contributed by atoms with Crippen molar-refractivity contribution in [3.05, 3.63) is 0 Å². The average Bonchev–Trinajstić information content (AvgIpc) is 2.74. The van der Waals surface area contributed by atoms with Gasteiger partial charge in [-0.3, -0.25) is 4.79 Å². The van der Waals surface area contributed by atoms with Crippen LogP contribution in [0.25, 0.3) is 0 Å². The molecule has 1 fully saturated rings. The molecule has 0 spiro atoms. The second-order valence-electron chi connectivity index (χ2n) is 6.88. The number of esters is 1. The lowest BCUT2D eigenvalue weighted by Gasteiger charge is -2.43. The van der Waals surface area contributed by atoms with E-state index in [4.69, 9.17) is 4.43 Å². The Bertz CT molecular complexity index is 362. The van der Waals surface area contributed by atoms with Crippen molar-refractivity contribution in [2.24, 2.45) is 0 Å². The molecule has 0 aromatic carbocycles. The van der Waals surface area contributed by atoms with E-state index in [0.29, 0.717) is 12.8 Å². The van der Waals surface area contributed by atoms with Crippen molar-refractivity contribution in [3.63, 3.8) is 0 Å². The SMILES string of the molecule is COC(=O)C(=O)C1(O[Si](C)(C)C(C)(C)C)CCCC1. The van der Waals surface area contributed by atoms with Crippen molar-refractivity contribution in [2.45, 2.75) is 70.2 Å². The first-order valence-electron chi connectivity index (χ1n) is 6.89. The minimum atomic E-state index is -2.09. The number of rotatable bonds is 4. The van der Waals surface area contributed by atoms with E-state index in [-0.39, 0.29) is 5.04 Å². The number of methoxy groups -OCH3 is 1. The predicted octanol–water partition coefficient (Wildman–Crippen LogP) is 3.06. The van der Waals surface area contributed by atoms with E-state index in [2.05, 4.69) is 38.6 Å².